The van der Waals surface area contributed by atoms with E-state index in [0.29, 0.717) is 9.13 Å². The average Bonchev–Trinajstić information content (AvgIpc) is 2.41. The van der Waals surface area contributed by atoms with Crippen LogP contribution in [0.25, 0.3) is 0 Å². The molecule has 1 aromatic carbocycles. The molecule has 2 nitrogen and oxygen atoms in total. The van der Waals surface area contributed by atoms with E-state index < -0.39 is 5.82 Å². The Hall–Kier alpha value is -0.650. The molecule has 0 unspecified atom stereocenters. The summed E-state index contributed by atoms with van der Waals surface area (Å²) in [5.74, 6) is -0.480. The average molecular weight is 278 g/mol. The minimum Gasteiger partial charge on any atom is -0.482 e. The highest BCUT2D eigenvalue weighted by Crippen LogP contribution is 2.30. The standard InChI is InChI=1S/C8H4FIO2/c9-7-5(10)2-1-4-6(11)3-12-8(4)7/h1-2H,3H2. The van der Waals surface area contributed by atoms with Gasteiger partial charge in [-0.1, -0.05) is 0 Å². The summed E-state index contributed by atoms with van der Waals surface area (Å²) in [5, 5.41) is 0. The van der Waals surface area contributed by atoms with Crippen molar-refractivity contribution in [1.29, 1.82) is 0 Å². The van der Waals surface area contributed by atoms with Crippen LogP contribution >= 0.6 is 22.6 Å². The molecule has 0 amide bonds. The van der Waals surface area contributed by atoms with E-state index in [2.05, 4.69) is 0 Å². The fourth-order valence-electron chi connectivity index (χ4n) is 1.11. The summed E-state index contributed by atoms with van der Waals surface area (Å²) in [7, 11) is 0. The molecule has 0 spiro atoms. The molecule has 0 aromatic heterocycles. The van der Waals surface area contributed by atoms with Crippen molar-refractivity contribution >= 4 is 28.4 Å². The minimum atomic E-state index is -0.432. The number of hydrogen-bond donors (Lipinski definition) is 0. The lowest BCUT2D eigenvalue weighted by Gasteiger charge is -1.99. The normalized spacial score (nSPS) is 14.3. The molecule has 1 aliphatic rings. The van der Waals surface area contributed by atoms with Gasteiger partial charge in [0, 0.05) is 0 Å². The molecule has 1 aliphatic heterocycles. The van der Waals surface area contributed by atoms with Crippen LogP contribution in [0, 0.1) is 9.39 Å². The van der Waals surface area contributed by atoms with Gasteiger partial charge in [-0.3, -0.25) is 4.79 Å². The Morgan fingerprint density at radius 2 is 2.25 bits per heavy atom. The molecule has 12 heavy (non-hydrogen) atoms. The first-order valence-corrected chi connectivity index (χ1v) is 4.42. The van der Waals surface area contributed by atoms with Crippen molar-refractivity contribution in [3.05, 3.63) is 27.1 Å². The van der Waals surface area contributed by atoms with E-state index in [0.717, 1.165) is 0 Å². The van der Waals surface area contributed by atoms with Crippen LogP contribution in [-0.4, -0.2) is 12.4 Å². The second-order valence-corrected chi connectivity index (χ2v) is 3.61. The van der Waals surface area contributed by atoms with Gasteiger partial charge in [-0.15, -0.1) is 0 Å². The molecular weight excluding hydrogens is 274 g/mol. The second-order valence-electron chi connectivity index (χ2n) is 2.45. The van der Waals surface area contributed by atoms with E-state index in [4.69, 9.17) is 4.74 Å². The Morgan fingerprint density at radius 1 is 1.50 bits per heavy atom. The van der Waals surface area contributed by atoms with Crippen LogP contribution in [0.4, 0.5) is 4.39 Å². The highest BCUT2D eigenvalue weighted by molar-refractivity contribution is 14.1. The maximum Gasteiger partial charge on any atom is 0.204 e. The highest BCUT2D eigenvalue weighted by atomic mass is 127. The Kier molecular flexibility index (Phi) is 1.79. The Balaban J connectivity index is 2.68. The molecule has 0 atom stereocenters. The fourth-order valence-corrected chi connectivity index (χ4v) is 1.53. The monoisotopic (exact) mass is 278 g/mol. The zero-order valence-electron chi connectivity index (χ0n) is 5.93. The summed E-state index contributed by atoms with van der Waals surface area (Å²) in [6.07, 6.45) is 0. The lowest BCUT2D eigenvalue weighted by molar-refractivity contribution is 0.0960. The summed E-state index contributed by atoms with van der Waals surface area (Å²) >= 11 is 1.86. The van der Waals surface area contributed by atoms with Crippen molar-refractivity contribution in [2.45, 2.75) is 0 Å². The van der Waals surface area contributed by atoms with E-state index in [-0.39, 0.29) is 18.1 Å². The van der Waals surface area contributed by atoms with E-state index >= 15 is 0 Å². The molecule has 0 N–H and O–H groups in total. The largest absolute Gasteiger partial charge is 0.482 e. The van der Waals surface area contributed by atoms with Gasteiger partial charge in [0.05, 0.1) is 9.13 Å². The van der Waals surface area contributed by atoms with Gasteiger partial charge in [0.25, 0.3) is 0 Å². The lowest BCUT2D eigenvalue weighted by Crippen LogP contribution is -1.98. The molecule has 0 fully saturated rings. The molecule has 0 bridgehead atoms. The van der Waals surface area contributed by atoms with Crippen LogP contribution in [0.2, 0.25) is 0 Å². The Labute approximate surface area is 81.9 Å². The molecule has 0 aliphatic carbocycles. The number of carbonyl (C=O) groups excluding carboxylic acids is 1. The Morgan fingerprint density at radius 3 is 3.00 bits per heavy atom. The minimum absolute atomic E-state index is 0.0354. The lowest BCUT2D eigenvalue weighted by atomic mass is 10.1. The number of ether oxygens (including phenoxy) is 1. The van der Waals surface area contributed by atoms with Crippen LogP contribution in [0.3, 0.4) is 0 Å². The second kappa shape index (κ2) is 2.69. The van der Waals surface area contributed by atoms with Gasteiger partial charge in [0.1, 0.15) is 0 Å². The highest BCUT2D eigenvalue weighted by Gasteiger charge is 2.25. The van der Waals surface area contributed by atoms with E-state index in [1.54, 1.807) is 12.1 Å². The first kappa shape index (κ1) is 7.97. The van der Waals surface area contributed by atoms with Crippen LogP contribution < -0.4 is 4.74 Å². The predicted molar refractivity (Wildman–Crippen MR) is 48.9 cm³/mol. The first-order chi connectivity index (χ1) is 5.70. The number of halogens is 2. The smallest absolute Gasteiger partial charge is 0.204 e. The number of carbonyl (C=O) groups is 1. The van der Waals surface area contributed by atoms with Crippen LogP contribution in [0.15, 0.2) is 12.1 Å². The van der Waals surface area contributed by atoms with Crippen LogP contribution in [-0.2, 0) is 0 Å². The number of rotatable bonds is 0. The SMILES string of the molecule is O=C1COc2c1ccc(I)c2F. The molecule has 0 saturated heterocycles. The molecule has 2 rings (SSSR count). The van der Waals surface area contributed by atoms with E-state index in [1.165, 1.54) is 0 Å². The van der Waals surface area contributed by atoms with E-state index in [1.807, 2.05) is 22.6 Å². The predicted octanol–water partition coefficient (Wildman–Crippen LogP) is 2.01. The molecule has 1 heterocycles. The van der Waals surface area contributed by atoms with Gasteiger partial charge in [0.2, 0.25) is 5.78 Å². The summed E-state index contributed by atoms with van der Waals surface area (Å²) in [5.41, 5.74) is 0.355. The third-order valence-electron chi connectivity index (χ3n) is 1.70. The summed E-state index contributed by atoms with van der Waals surface area (Å²) in [4.78, 5) is 11.0. The van der Waals surface area contributed by atoms with Gasteiger partial charge in [0.15, 0.2) is 18.2 Å². The van der Waals surface area contributed by atoms with Crippen molar-refractivity contribution in [2.24, 2.45) is 0 Å². The molecule has 1 aromatic rings. The van der Waals surface area contributed by atoms with Crippen molar-refractivity contribution in [3.8, 4) is 5.75 Å². The van der Waals surface area contributed by atoms with Gasteiger partial charge >= 0.3 is 0 Å². The molecule has 0 radical (unpaired) electrons. The zero-order chi connectivity index (χ0) is 8.72. The number of Topliss-reactive ketones (excluding diaryl/α,β-unsaturated/α-hetero) is 1. The van der Waals surface area contributed by atoms with Gasteiger partial charge in [-0.25, -0.2) is 4.39 Å². The molecule has 0 saturated carbocycles. The van der Waals surface area contributed by atoms with Crippen LogP contribution in [0.5, 0.6) is 5.75 Å². The van der Waals surface area contributed by atoms with E-state index in [9.17, 15) is 9.18 Å². The maximum absolute atomic E-state index is 13.2. The topological polar surface area (TPSA) is 26.3 Å². The third kappa shape index (κ3) is 1.01. The van der Waals surface area contributed by atoms with Crippen molar-refractivity contribution in [3.63, 3.8) is 0 Å². The number of fused-ring (bicyclic) bond motifs is 1. The number of hydrogen-bond acceptors (Lipinski definition) is 2. The van der Waals surface area contributed by atoms with Gasteiger partial charge in [-0.2, -0.15) is 0 Å². The maximum atomic E-state index is 13.2. The van der Waals surface area contributed by atoms with Crippen LogP contribution in [0.1, 0.15) is 10.4 Å². The fraction of sp³-hybridized carbons (Fsp3) is 0.125. The molecular formula is C8H4FIO2. The van der Waals surface area contributed by atoms with Gasteiger partial charge < -0.3 is 4.74 Å². The third-order valence-corrected chi connectivity index (χ3v) is 2.53. The summed E-state index contributed by atoms with van der Waals surface area (Å²) in [6.45, 7) is -0.0354. The molecule has 62 valence electrons. The summed E-state index contributed by atoms with van der Waals surface area (Å²) in [6, 6.07) is 3.16. The van der Waals surface area contributed by atoms with Crippen molar-refractivity contribution in [1.82, 2.24) is 0 Å². The quantitative estimate of drug-likeness (QED) is 0.678. The van der Waals surface area contributed by atoms with Crippen molar-refractivity contribution < 1.29 is 13.9 Å². The zero-order valence-corrected chi connectivity index (χ0v) is 8.09. The van der Waals surface area contributed by atoms with Gasteiger partial charge in [-0.05, 0) is 34.7 Å². The Bertz CT molecular complexity index is 362. The first-order valence-electron chi connectivity index (χ1n) is 3.34. The number of benzene rings is 1. The molecule has 4 heteroatoms. The summed E-state index contributed by atoms with van der Waals surface area (Å²) < 4.78 is 18.6. The number of ketones is 1. The van der Waals surface area contributed by atoms with Crippen molar-refractivity contribution in [2.75, 3.05) is 6.61 Å².